The van der Waals surface area contributed by atoms with E-state index in [-0.39, 0.29) is 16.6 Å². The number of hydrogen-bond donors (Lipinski definition) is 3. The Morgan fingerprint density at radius 1 is 1.11 bits per heavy atom. The van der Waals surface area contributed by atoms with Crippen molar-refractivity contribution in [3.8, 4) is 6.07 Å². The molecule has 0 unspecified atom stereocenters. The predicted octanol–water partition coefficient (Wildman–Crippen LogP) is 6.05. The standard InChI is InChI=1S/C27H21Cl2FN8/c28-18-10-20-25(34-19-6-7-22(30)21(29)12-19)17(13-32)14-33-27(20)23(11-18)35-26(16-4-2-1-3-5-16)24-15-38(9-8-31)37-36-24/h1-7,10-12,14-15,26,35H,8-9,31H2,(H,33,34)/t26-/m0/s1. The number of benzene rings is 3. The first-order valence-electron chi connectivity index (χ1n) is 11.6. The molecule has 11 heteroatoms. The fraction of sp³-hybridized carbons (Fsp3) is 0.111. The van der Waals surface area contributed by atoms with E-state index in [1.54, 1.807) is 16.8 Å². The number of nitrogens with one attached hydrogen (secondary N) is 2. The summed E-state index contributed by atoms with van der Waals surface area (Å²) in [5.74, 6) is -0.540. The van der Waals surface area contributed by atoms with Crippen molar-refractivity contribution in [1.29, 1.82) is 5.26 Å². The van der Waals surface area contributed by atoms with E-state index in [2.05, 4.69) is 32.0 Å². The molecule has 0 aliphatic carbocycles. The molecule has 0 aliphatic rings. The van der Waals surface area contributed by atoms with Gasteiger partial charge in [-0.2, -0.15) is 5.26 Å². The molecule has 5 rings (SSSR count). The van der Waals surface area contributed by atoms with Crippen LogP contribution in [0.1, 0.15) is 22.9 Å². The van der Waals surface area contributed by atoms with Gasteiger partial charge in [-0.05, 0) is 35.9 Å². The molecule has 0 aliphatic heterocycles. The van der Waals surface area contributed by atoms with E-state index in [9.17, 15) is 9.65 Å². The molecule has 0 bridgehead atoms. The normalized spacial score (nSPS) is 11.8. The zero-order valence-corrected chi connectivity index (χ0v) is 21.4. The highest BCUT2D eigenvalue weighted by Gasteiger charge is 2.21. The number of nitrogens with two attached hydrogens (primary N) is 1. The lowest BCUT2D eigenvalue weighted by molar-refractivity contribution is 0.598. The van der Waals surface area contributed by atoms with Crippen LogP contribution in [0.2, 0.25) is 10.0 Å². The van der Waals surface area contributed by atoms with Crippen molar-refractivity contribution in [3.63, 3.8) is 0 Å². The molecule has 0 amide bonds. The van der Waals surface area contributed by atoms with Crippen LogP contribution in [0.15, 0.2) is 73.1 Å². The third kappa shape index (κ3) is 5.24. The van der Waals surface area contributed by atoms with Gasteiger partial charge in [0.1, 0.15) is 17.6 Å². The van der Waals surface area contributed by atoms with E-state index in [0.29, 0.717) is 51.8 Å². The van der Waals surface area contributed by atoms with Crippen LogP contribution in [0.4, 0.5) is 21.5 Å². The van der Waals surface area contributed by atoms with Gasteiger partial charge < -0.3 is 16.4 Å². The maximum atomic E-state index is 13.7. The Labute approximate surface area is 227 Å². The number of pyridine rings is 1. The van der Waals surface area contributed by atoms with Crippen LogP contribution in [-0.2, 0) is 6.54 Å². The highest BCUT2D eigenvalue weighted by atomic mass is 35.5. The third-order valence-corrected chi connectivity index (χ3v) is 6.40. The zero-order valence-electron chi connectivity index (χ0n) is 19.9. The minimum Gasteiger partial charge on any atom is -0.371 e. The van der Waals surface area contributed by atoms with Crippen LogP contribution < -0.4 is 16.4 Å². The van der Waals surface area contributed by atoms with Gasteiger partial charge in [0.05, 0.1) is 46.3 Å². The summed E-state index contributed by atoms with van der Waals surface area (Å²) in [7, 11) is 0. The monoisotopic (exact) mass is 546 g/mol. The molecule has 0 saturated carbocycles. The summed E-state index contributed by atoms with van der Waals surface area (Å²) in [6.45, 7) is 0.973. The van der Waals surface area contributed by atoms with Crippen molar-refractivity contribution >= 4 is 51.2 Å². The quantitative estimate of drug-likeness (QED) is 0.217. The second-order valence-electron chi connectivity index (χ2n) is 8.45. The smallest absolute Gasteiger partial charge is 0.141 e. The number of fused-ring (bicyclic) bond motifs is 1. The fourth-order valence-corrected chi connectivity index (χ4v) is 4.53. The van der Waals surface area contributed by atoms with Gasteiger partial charge >= 0.3 is 0 Å². The lowest BCUT2D eigenvalue weighted by Crippen LogP contribution is -2.14. The number of anilines is 3. The molecule has 2 heterocycles. The average Bonchev–Trinajstić information content (AvgIpc) is 3.38. The minimum absolute atomic E-state index is 0.0411. The molecule has 0 spiro atoms. The molecule has 5 aromatic rings. The number of nitrogens with zero attached hydrogens (tertiary/aromatic N) is 5. The highest BCUT2D eigenvalue weighted by Crippen LogP contribution is 2.37. The second kappa shape index (κ2) is 11.0. The Hall–Kier alpha value is -4.23. The van der Waals surface area contributed by atoms with Gasteiger partial charge in [-0.1, -0.05) is 58.7 Å². The molecule has 4 N–H and O–H groups in total. The summed E-state index contributed by atoms with van der Waals surface area (Å²) in [5, 5.41) is 26.0. The Balaban J connectivity index is 1.62. The summed E-state index contributed by atoms with van der Waals surface area (Å²) in [5.41, 5.74) is 9.78. The van der Waals surface area contributed by atoms with Crippen molar-refractivity contribution in [2.75, 3.05) is 17.2 Å². The SMILES string of the molecule is N#Cc1cnc2c(N[C@@H](c3ccccc3)c3cn(CCN)nn3)cc(Cl)cc2c1Nc1ccc(F)c(Cl)c1. The number of rotatable bonds is 8. The Kier molecular flexibility index (Phi) is 7.38. The summed E-state index contributed by atoms with van der Waals surface area (Å²) >= 11 is 12.5. The average molecular weight is 547 g/mol. The summed E-state index contributed by atoms with van der Waals surface area (Å²) in [6.07, 6.45) is 3.32. The second-order valence-corrected chi connectivity index (χ2v) is 9.29. The van der Waals surface area contributed by atoms with E-state index in [0.717, 1.165) is 5.56 Å². The van der Waals surface area contributed by atoms with Crippen molar-refractivity contribution in [2.45, 2.75) is 12.6 Å². The molecule has 0 fully saturated rings. The first-order chi connectivity index (χ1) is 18.5. The van der Waals surface area contributed by atoms with Gasteiger partial charge in [0.2, 0.25) is 0 Å². The first kappa shape index (κ1) is 25.4. The molecule has 190 valence electrons. The maximum Gasteiger partial charge on any atom is 0.141 e. The van der Waals surface area contributed by atoms with Crippen molar-refractivity contribution in [1.82, 2.24) is 20.0 Å². The van der Waals surface area contributed by atoms with Gasteiger partial charge in [-0.25, -0.2) is 4.39 Å². The van der Waals surface area contributed by atoms with E-state index in [1.807, 2.05) is 36.5 Å². The van der Waals surface area contributed by atoms with Crippen LogP contribution >= 0.6 is 23.2 Å². The highest BCUT2D eigenvalue weighted by molar-refractivity contribution is 6.32. The molecule has 0 radical (unpaired) electrons. The van der Waals surface area contributed by atoms with E-state index in [1.165, 1.54) is 24.4 Å². The van der Waals surface area contributed by atoms with Crippen LogP contribution in [0.25, 0.3) is 10.9 Å². The number of halogens is 3. The molecule has 38 heavy (non-hydrogen) atoms. The Morgan fingerprint density at radius 3 is 2.66 bits per heavy atom. The van der Waals surface area contributed by atoms with E-state index >= 15 is 0 Å². The van der Waals surface area contributed by atoms with Gasteiger partial charge in [-0.15, -0.1) is 5.10 Å². The van der Waals surface area contributed by atoms with Crippen LogP contribution in [0, 0.1) is 17.1 Å². The van der Waals surface area contributed by atoms with Crippen molar-refractivity contribution < 1.29 is 4.39 Å². The number of nitriles is 1. The number of aromatic nitrogens is 4. The summed E-state index contributed by atoms with van der Waals surface area (Å²) in [6, 6.07) is 19.3. The fourth-order valence-electron chi connectivity index (χ4n) is 4.13. The topological polar surface area (TPSA) is 117 Å². The largest absolute Gasteiger partial charge is 0.371 e. The van der Waals surface area contributed by atoms with Gasteiger partial charge in [-0.3, -0.25) is 9.67 Å². The van der Waals surface area contributed by atoms with E-state index < -0.39 is 5.82 Å². The molecular formula is C27H21Cl2FN8. The Bertz CT molecular complexity index is 1650. The maximum absolute atomic E-state index is 13.7. The van der Waals surface area contributed by atoms with E-state index in [4.69, 9.17) is 28.9 Å². The molecular weight excluding hydrogens is 526 g/mol. The van der Waals surface area contributed by atoms with Crippen LogP contribution in [-0.4, -0.2) is 26.5 Å². The third-order valence-electron chi connectivity index (χ3n) is 5.89. The lowest BCUT2D eigenvalue weighted by atomic mass is 10.0. The zero-order chi connectivity index (χ0) is 26.6. The van der Waals surface area contributed by atoms with Gasteiger partial charge in [0.15, 0.2) is 0 Å². The minimum atomic E-state index is -0.540. The number of hydrogen-bond acceptors (Lipinski definition) is 7. The van der Waals surface area contributed by atoms with Gasteiger partial charge in [0.25, 0.3) is 0 Å². The first-order valence-corrected chi connectivity index (χ1v) is 12.4. The van der Waals surface area contributed by atoms with Gasteiger partial charge in [0, 0.05) is 28.8 Å². The lowest BCUT2D eigenvalue weighted by Gasteiger charge is -2.21. The predicted molar refractivity (Wildman–Crippen MR) is 147 cm³/mol. The summed E-state index contributed by atoms with van der Waals surface area (Å²) in [4.78, 5) is 4.57. The molecule has 1 atom stereocenters. The molecule has 0 saturated heterocycles. The molecule has 2 aromatic heterocycles. The molecule has 3 aromatic carbocycles. The molecule has 8 nitrogen and oxygen atoms in total. The van der Waals surface area contributed by atoms with Crippen molar-refractivity contribution in [3.05, 3.63) is 106 Å². The summed E-state index contributed by atoms with van der Waals surface area (Å²) < 4.78 is 15.4. The van der Waals surface area contributed by atoms with Crippen LogP contribution in [0.3, 0.4) is 0 Å². The Morgan fingerprint density at radius 2 is 1.92 bits per heavy atom. The van der Waals surface area contributed by atoms with Crippen LogP contribution in [0.5, 0.6) is 0 Å². The van der Waals surface area contributed by atoms with Crippen molar-refractivity contribution in [2.24, 2.45) is 5.73 Å².